The number of halogens is 3. The molecule has 3 rings (SSSR count). The topological polar surface area (TPSA) is 56.8 Å². The Balaban J connectivity index is 1.65. The van der Waals surface area contributed by atoms with Gasteiger partial charge in [-0.15, -0.1) is 13.2 Å². The third-order valence-corrected chi connectivity index (χ3v) is 3.59. The lowest BCUT2D eigenvalue weighted by Gasteiger charge is -2.15. The van der Waals surface area contributed by atoms with Gasteiger partial charge in [0.15, 0.2) is 11.5 Å². The van der Waals surface area contributed by atoms with Crippen LogP contribution in [0.15, 0.2) is 42.5 Å². The Kier molecular flexibility index (Phi) is 4.43. The van der Waals surface area contributed by atoms with Crippen molar-refractivity contribution in [1.82, 2.24) is 5.32 Å². The standard InChI is InChI=1S/C17H14F3NO4/c1-10(12-4-7-14-15(8-12)24-9-23-14)21-16(22)11-2-5-13(6-3-11)25-17(18,19)20/h2-8,10H,9H2,1H3,(H,21,22)/t10-/m0/s1. The van der Waals surface area contributed by atoms with Crippen molar-refractivity contribution >= 4 is 5.91 Å². The van der Waals surface area contributed by atoms with Crippen LogP contribution in [0.2, 0.25) is 0 Å². The summed E-state index contributed by atoms with van der Waals surface area (Å²) in [5.41, 5.74) is 1.04. The highest BCUT2D eigenvalue weighted by atomic mass is 19.4. The molecule has 8 heteroatoms. The van der Waals surface area contributed by atoms with Crippen molar-refractivity contribution in [2.24, 2.45) is 0 Å². The number of amides is 1. The number of fused-ring (bicyclic) bond motifs is 1. The van der Waals surface area contributed by atoms with Crippen LogP contribution in [-0.4, -0.2) is 19.1 Å². The van der Waals surface area contributed by atoms with E-state index in [4.69, 9.17) is 9.47 Å². The molecule has 0 bridgehead atoms. The van der Waals surface area contributed by atoms with Crippen LogP contribution in [0.1, 0.15) is 28.9 Å². The number of alkyl halides is 3. The minimum Gasteiger partial charge on any atom is -0.454 e. The fourth-order valence-corrected chi connectivity index (χ4v) is 2.35. The summed E-state index contributed by atoms with van der Waals surface area (Å²) in [6.45, 7) is 1.95. The molecule has 1 heterocycles. The molecule has 1 atom stereocenters. The molecule has 1 aliphatic rings. The van der Waals surface area contributed by atoms with Gasteiger partial charge in [-0.05, 0) is 48.9 Å². The first-order valence-corrected chi connectivity index (χ1v) is 7.38. The van der Waals surface area contributed by atoms with Gasteiger partial charge >= 0.3 is 6.36 Å². The minimum absolute atomic E-state index is 0.159. The first kappa shape index (κ1) is 16.9. The zero-order valence-electron chi connectivity index (χ0n) is 13.1. The monoisotopic (exact) mass is 353 g/mol. The number of nitrogens with one attached hydrogen (secondary N) is 1. The molecule has 25 heavy (non-hydrogen) atoms. The van der Waals surface area contributed by atoms with E-state index in [-0.39, 0.29) is 24.1 Å². The smallest absolute Gasteiger partial charge is 0.454 e. The number of ether oxygens (including phenoxy) is 3. The lowest BCUT2D eigenvalue weighted by Crippen LogP contribution is -2.26. The van der Waals surface area contributed by atoms with Gasteiger partial charge in [-0.3, -0.25) is 4.79 Å². The molecule has 0 radical (unpaired) electrons. The van der Waals surface area contributed by atoms with Crippen LogP contribution < -0.4 is 19.5 Å². The molecule has 0 spiro atoms. The summed E-state index contributed by atoms with van der Waals surface area (Å²) < 4.78 is 50.7. The molecule has 1 amide bonds. The van der Waals surface area contributed by atoms with Gasteiger partial charge in [0.2, 0.25) is 6.79 Å². The predicted molar refractivity (Wildman–Crippen MR) is 81.6 cm³/mol. The molecule has 0 saturated heterocycles. The van der Waals surface area contributed by atoms with Crippen LogP contribution in [0.4, 0.5) is 13.2 Å². The molecule has 1 aliphatic heterocycles. The number of rotatable bonds is 4. The molecule has 1 N–H and O–H groups in total. The van der Waals surface area contributed by atoms with Gasteiger partial charge in [0.05, 0.1) is 6.04 Å². The minimum atomic E-state index is -4.77. The van der Waals surface area contributed by atoms with Crippen LogP contribution in [0.3, 0.4) is 0 Å². The SMILES string of the molecule is C[C@H](NC(=O)c1ccc(OC(F)(F)F)cc1)c1ccc2c(c1)OCO2. The van der Waals surface area contributed by atoms with Crippen LogP contribution in [0, 0.1) is 0 Å². The number of carbonyl (C=O) groups excluding carboxylic acids is 1. The highest BCUT2D eigenvalue weighted by Crippen LogP contribution is 2.34. The highest BCUT2D eigenvalue weighted by molar-refractivity contribution is 5.94. The summed E-state index contributed by atoms with van der Waals surface area (Å²) in [5, 5.41) is 2.77. The fourth-order valence-electron chi connectivity index (χ4n) is 2.35. The summed E-state index contributed by atoms with van der Waals surface area (Å²) in [5.74, 6) is 0.450. The second kappa shape index (κ2) is 6.54. The summed E-state index contributed by atoms with van der Waals surface area (Å²) in [7, 11) is 0. The number of carbonyl (C=O) groups is 1. The Morgan fingerprint density at radius 2 is 1.80 bits per heavy atom. The molecule has 5 nitrogen and oxygen atoms in total. The van der Waals surface area contributed by atoms with Gasteiger partial charge in [-0.1, -0.05) is 6.07 Å². The van der Waals surface area contributed by atoms with Gasteiger partial charge in [0, 0.05) is 5.56 Å². The molecule has 0 aliphatic carbocycles. The maximum Gasteiger partial charge on any atom is 0.573 e. The van der Waals surface area contributed by atoms with Crippen LogP contribution in [0.5, 0.6) is 17.2 Å². The van der Waals surface area contributed by atoms with Crippen LogP contribution in [0.25, 0.3) is 0 Å². The normalized spacial score (nSPS) is 14.1. The van der Waals surface area contributed by atoms with Crippen molar-refractivity contribution in [3.8, 4) is 17.2 Å². The number of hydrogen-bond donors (Lipinski definition) is 1. The maximum atomic E-state index is 12.2. The van der Waals surface area contributed by atoms with E-state index in [0.717, 1.165) is 17.7 Å². The Labute approximate surface area is 141 Å². The van der Waals surface area contributed by atoms with E-state index in [1.54, 1.807) is 25.1 Å². The van der Waals surface area contributed by atoms with E-state index in [0.29, 0.717) is 11.5 Å². The largest absolute Gasteiger partial charge is 0.573 e. The summed E-state index contributed by atoms with van der Waals surface area (Å²) >= 11 is 0. The highest BCUT2D eigenvalue weighted by Gasteiger charge is 2.31. The fraction of sp³-hybridized carbons (Fsp3) is 0.235. The Bertz CT molecular complexity index is 774. The molecule has 0 unspecified atom stereocenters. The second-order valence-corrected chi connectivity index (χ2v) is 5.38. The molecule has 2 aromatic carbocycles. The van der Waals surface area contributed by atoms with Crippen molar-refractivity contribution in [2.45, 2.75) is 19.3 Å². The summed E-state index contributed by atoms with van der Waals surface area (Å²) in [4.78, 5) is 12.2. The van der Waals surface area contributed by atoms with E-state index in [9.17, 15) is 18.0 Å². The lowest BCUT2D eigenvalue weighted by atomic mass is 10.1. The number of benzene rings is 2. The van der Waals surface area contributed by atoms with E-state index in [1.165, 1.54) is 12.1 Å². The first-order valence-electron chi connectivity index (χ1n) is 7.38. The van der Waals surface area contributed by atoms with E-state index >= 15 is 0 Å². The van der Waals surface area contributed by atoms with Crippen molar-refractivity contribution in [1.29, 1.82) is 0 Å². The average Bonchev–Trinajstić information content (AvgIpc) is 3.01. The first-order chi connectivity index (χ1) is 11.8. The zero-order chi connectivity index (χ0) is 18.0. The molecular formula is C17H14F3NO4. The predicted octanol–water partition coefficient (Wildman–Crippen LogP) is 3.80. The third kappa shape index (κ3) is 4.14. The average molecular weight is 353 g/mol. The molecule has 2 aromatic rings. The van der Waals surface area contributed by atoms with Gasteiger partial charge in [-0.2, -0.15) is 0 Å². The van der Waals surface area contributed by atoms with E-state index < -0.39 is 12.3 Å². The molecule has 0 saturated carbocycles. The van der Waals surface area contributed by atoms with Crippen molar-refractivity contribution in [3.63, 3.8) is 0 Å². The number of hydrogen-bond acceptors (Lipinski definition) is 4. The third-order valence-electron chi connectivity index (χ3n) is 3.59. The summed E-state index contributed by atoms with van der Waals surface area (Å²) in [6, 6.07) is 9.72. The van der Waals surface area contributed by atoms with Crippen LogP contribution >= 0.6 is 0 Å². The zero-order valence-corrected chi connectivity index (χ0v) is 13.1. The Morgan fingerprint density at radius 1 is 1.12 bits per heavy atom. The molecular weight excluding hydrogens is 339 g/mol. The van der Waals surface area contributed by atoms with Gasteiger partial charge in [0.1, 0.15) is 5.75 Å². The Morgan fingerprint density at radius 3 is 2.48 bits per heavy atom. The van der Waals surface area contributed by atoms with Gasteiger partial charge in [-0.25, -0.2) is 0 Å². The Hall–Kier alpha value is -2.90. The maximum absolute atomic E-state index is 12.2. The van der Waals surface area contributed by atoms with Crippen molar-refractivity contribution < 1.29 is 32.2 Å². The molecule has 0 aromatic heterocycles. The van der Waals surface area contributed by atoms with Gasteiger partial charge in [0.25, 0.3) is 5.91 Å². The van der Waals surface area contributed by atoms with Crippen molar-refractivity contribution in [3.05, 3.63) is 53.6 Å². The molecule has 132 valence electrons. The van der Waals surface area contributed by atoms with Crippen LogP contribution in [-0.2, 0) is 0 Å². The second-order valence-electron chi connectivity index (χ2n) is 5.38. The van der Waals surface area contributed by atoms with Crippen molar-refractivity contribution in [2.75, 3.05) is 6.79 Å². The van der Waals surface area contributed by atoms with E-state index in [2.05, 4.69) is 10.1 Å². The van der Waals surface area contributed by atoms with E-state index in [1.807, 2.05) is 0 Å². The lowest BCUT2D eigenvalue weighted by molar-refractivity contribution is -0.274. The summed E-state index contributed by atoms with van der Waals surface area (Å²) in [6.07, 6.45) is -4.77. The quantitative estimate of drug-likeness (QED) is 0.908. The van der Waals surface area contributed by atoms with Gasteiger partial charge < -0.3 is 19.5 Å². The molecule has 0 fully saturated rings.